The van der Waals surface area contributed by atoms with Crippen molar-refractivity contribution in [3.63, 3.8) is 0 Å². The van der Waals surface area contributed by atoms with E-state index in [2.05, 4.69) is 279 Å². The minimum atomic E-state index is -0.0811. The molecule has 0 aromatic carbocycles. The van der Waals surface area contributed by atoms with Crippen LogP contribution in [0.1, 0.15) is 216 Å². The Kier molecular flexibility index (Phi) is 24.0. The summed E-state index contributed by atoms with van der Waals surface area (Å²) in [4.78, 5) is 62.8. The van der Waals surface area contributed by atoms with E-state index in [0.29, 0.717) is 66.7 Å². The quantitative estimate of drug-likeness (QED) is 0.0438. The van der Waals surface area contributed by atoms with Gasteiger partial charge in [0.25, 0.3) is 0 Å². The van der Waals surface area contributed by atoms with E-state index >= 15 is 0 Å². The molecule has 8 rings (SSSR count). The second-order valence-electron chi connectivity index (χ2n) is 34.0. The summed E-state index contributed by atoms with van der Waals surface area (Å²) in [7, 11) is 12.8. The van der Waals surface area contributed by atoms with E-state index < -0.39 is 0 Å². The number of aromatic nitrogens is 9. The van der Waals surface area contributed by atoms with Gasteiger partial charge in [-0.2, -0.15) is 44.9 Å². The van der Waals surface area contributed by atoms with Gasteiger partial charge in [0.1, 0.15) is 5.82 Å². The second-order valence-corrected chi connectivity index (χ2v) is 34.0. The second kappa shape index (κ2) is 28.5. The molecular weight excluding hydrogens is 1150 g/mol. The fourth-order valence-electron chi connectivity index (χ4n) is 16.7. The largest absolute Gasteiger partial charge is 0.341 e. The summed E-state index contributed by atoms with van der Waals surface area (Å²) in [6.45, 7) is 60.8. The molecule has 23 nitrogen and oxygen atoms in total. The number of rotatable bonds is 19. The standard InChI is InChI=1S/C64H119N23.2C2H4.CH4/c1-41-67-49(82(23)42-28-55(2,3)76-56(4,5)29-42)75-54(68-41)87(39-66-48-71-52(85(26)45-34-61(14,15)79-62(16,17)35-45)74-53(72-48)86(27)46-36-63(18,19)80-64(20,21)37-46)40-81(22)38-65-47-69-50(83(24)43-30-57(6,7)77-58(8,9)31-43)73-51(70-47)84(25)44-32-59(10,11)78-60(12,13)33-44;2*1-2;/h42-46,76-80H,28-40H2,1-27H3,(H,65,69,70,73)(H,66,71,72,74);2*1-2H2;1H4. The average molecular weight is 1280 g/mol. The Morgan fingerprint density at radius 2 is 0.522 bits per heavy atom. The van der Waals surface area contributed by atoms with E-state index in [4.69, 9.17) is 44.9 Å². The fourth-order valence-corrected chi connectivity index (χ4v) is 16.7. The molecule has 0 unspecified atom stereocenters. The van der Waals surface area contributed by atoms with Crippen LogP contribution in [0.4, 0.5) is 47.6 Å². The molecule has 5 aliphatic heterocycles. The summed E-state index contributed by atoms with van der Waals surface area (Å²) in [5.41, 5.74) is -0.739. The highest BCUT2D eigenvalue weighted by Gasteiger charge is 2.45. The van der Waals surface area contributed by atoms with Crippen molar-refractivity contribution < 1.29 is 0 Å². The van der Waals surface area contributed by atoms with E-state index in [1.807, 2.05) is 6.92 Å². The van der Waals surface area contributed by atoms with E-state index in [9.17, 15) is 0 Å². The number of nitrogens with zero attached hydrogens (tertiary/aromatic N) is 16. The Labute approximate surface area is 558 Å². The number of nitrogens with one attached hydrogen (secondary N) is 7. The summed E-state index contributed by atoms with van der Waals surface area (Å²) < 4.78 is 0. The molecular formula is C69H131N23. The lowest BCUT2D eigenvalue weighted by Gasteiger charge is -2.49. The third kappa shape index (κ3) is 20.8. The highest BCUT2D eigenvalue weighted by Crippen LogP contribution is 2.39. The van der Waals surface area contributed by atoms with Crippen molar-refractivity contribution in [2.24, 2.45) is 0 Å². The van der Waals surface area contributed by atoms with E-state index in [-0.39, 0.29) is 99.7 Å². The van der Waals surface area contributed by atoms with Crippen molar-refractivity contribution in [2.45, 2.75) is 303 Å². The van der Waals surface area contributed by atoms with Crippen molar-refractivity contribution in [3.8, 4) is 0 Å². The molecule has 0 spiro atoms. The highest BCUT2D eigenvalue weighted by atomic mass is 15.5. The van der Waals surface area contributed by atoms with Crippen LogP contribution in [0, 0.1) is 6.92 Å². The first-order chi connectivity index (χ1) is 41.7. The van der Waals surface area contributed by atoms with Crippen LogP contribution in [0.2, 0.25) is 0 Å². The minimum absolute atomic E-state index is 0. The van der Waals surface area contributed by atoms with E-state index in [0.717, 1.165) is 64.2 Å². The molecule has 3 aromatic heterocycles. The van der Waals surface area contributed by atoms with Gasteiger partial charge >= 0.3 is 0 Å². The molecule has 23 heteroatoms. The number of anilines is 8. The Hall–Kier alpha value is -5.33. The predicted octanol–water partition coefficient (Wildman–Crippen LogP) is 10.4. The molecule has 5 fully saturated rings. The zero-order chi connectivity index (χ0) is 68.6. The van der Waals surface area contributed by atoms with E-state index in [1.165, 1.54) is 0 Å². The molecule has 0 aliphatic carbocycles. The number of hydrogen-bond acceptors (Lipinski definition) is 23. The third-order valence-electron chi connectivity index (χ3n) is 18.7. The van der Waals surface area contributed by atoms with Gasteiger partial charge in [-0.1, -0.05) is 7.43 Å². The van der Waals surface area contributed by atoms with E-state index in [1.54, 1.807) is 0 Å². The molecule has 5 aliphatic rings. The molecule has 7 N–H and O–H groups in total. The van der Waals surface area contributed by atoms with Gasteiger partial charge in [-0.15, -0.1) is 26.3 Å². The van der Waals surface area contributed by atoms with Crippen LogP contribution < -0.4 is 66.6 Å². The number of aryl methyl sites for hydroxylation is 1. The molecule has 5 saturated heterocycles. The molecule has 0 saturated carbocycles. The van der Waals surface area contributed by atoms with Gasteiger partial charge < -0.3 is 66.6 Å². The molecule has 0 atom stereocenters. The first-order valence-electron chi connectivity index (χ1n) is 33.4. The maximum Gasteiger partial charge on any atom is 0.232 e. The lowest BCUT2D eigenvalue weighted by molar-refractivity contribution is 0.159. The molecule has 0 bridgehead atoms. The van der Waals surface area contributed by atoms with Crippen molar-refractivity contribution in [1.29, 1.82) is 0 Å². The molecule has 0 amide bonds. The SMILES string of the molecule is C.C=C.C=C.Cc1nc(N(CNc2nc(N(C)C3CC(C)(C)NC(C)(C)C3)nc(N(C)C3CC(C)(C)NC(C)(C)C3)n2)CN(C)CNc2nc(N(C)C3CC(C)(C)NC(C)(C)C3)nc(N(C)C3CC(C)(C)NC(C)(C)C3)n2)nc(N(C)C2CC(C)(C)NC(C)(C)C2)n1. The van der Waals surface area contributed by atoms with Crippen LogP contribution in [0.15, 0.2) is 26.3 Å². The fraction of sp³-hybridized carbons (Fsp3) is 0.812. The Bertz CT molecular complexity index is 2690. The third-order valence-corrected chi connectivity index (χ3v) is 18.7. The monoisotopic (exact) mass is 1280 g/mol. The highest BCUT2D eigenvalue weighted by molar-refractivity contribution is 5.49. The van der Waals surface area contributed by atoms with Crippen molar-refractivity contribution in [2.75, 3.05) is 102 Å². The first kappa shape index (κ1) is 77.4. The van der Waals surface area contributed by atoms with Crippen LogP contribution in [0.3, 0.4) is 0 Å². The maximum atomic E-state index is 5.34. The van der Waals surface area contributed by atoms with Gasteiger partial charge in [0, 0.05) is 121 Å². The van der Waals surface area contributed by atoms with Crippen LogP contribution in [-0.2, 0) is 0 Å². The Morgan fingerprint density at radius 1 is 0.326 bits per heavy atom. The lowest BCUT2D eigenvalue weighted by Crippen LogP contribution is -2.62. The number of piperidine rings is 5. The molecule has 522 valence electrons. The van der Waals surface area contributed by atoms with Crippen molar-refractivity contribution >= 4 is 47.6 Å². The van der Waals surface area contributed by atoms with Gasteiger partial charge in [-0.3, -0.25) is 4.90 Å². The van der Waals surface area contributed by atoms with Gasteiger partial charge in [0.2, 0.25) is 47.6 Å². The molecule has 92 heavy (non-hydrogen) atoms. The summed E-state index contributed by atoms with van der Waals surface area (Å²) >= 11 is 0. The van der Waals surface area contributed by atoms with Gasteiger partial charge in [0.15, 0.2) is 0 Å². The van der Waals surface area contributed by atoms with Gasteiger partial charge in [0.05, 0.1) is 20.0 Å². The number of hydrogen-bond donors (Lipinski definition) is 7. The molecule has 3 aromatic rings. The van der Waals surface area contributed by atoms with Crippen LogP contribution in [-0.4, -0.2) is 198 Å². The maximum absolute atomic E-state index is 5.34. The lowest BCUT2D eigenvalue weighted by atomic mass is 9.79. The average Bonchev–Trinajstić information content (AvgIpc) is 0.799. The summed E-state index contributed by atoms with van der Waals surface area (Å²) in [5.74, 6) is 5.36. The van der Waals surface area contributed by atoms with Crippen molar-refractivity contribution in [3.05, 3.63) is 32.1 Å². The minimum Gasteiger partial charge on any atom is -0.341 e. The normalized spacial score (nSPS) is 22.8. The van der Waals surface area contributed by atoms with Crippen LogP contribution >= 0.6 is 0 Å². The zero-order valence-electron chi connectivity index (χ0n) is 62.1. The molecule has 0 radical (unpaired) electrons. The topological polar surface area (TPSA) is 223 Å². The van der Waals surface area contributed by atoms with Crippen molar-refractivity contribution in [1.82, 2.24) is 76.3 Å². The Morgan fingerprint density at radius 3 is 0.761 bits per heavy atom. The van der Waals surface area contributed by atoms with Gasteiger partial charge in [-0.25, -0.2) is 0 Å². The van der Waals surface area contributed by atoms with Crippen LogP contribution in [0.25, 0.3) is 0 Å². The van der Waals surface area contributed by atoms with Gasteiger partial charge in [-0.05, 0) is 217 Å². The summed E-state index contributed by atoms with van der Waals surface area (Å²) in [5, 5.41) is 26.8. The first-order valence-corrected chi connectivity index (χ1v) is 33.4. The smallest absolute Gasteiger partial charge is 0.232 e. The Balaban J connectivity index is 0.00000301. The predicted molar refractivity (Wildman–Crippen MR) is 389 cm³/mol. The summed E-state index contributed by atoms with van der Waals surface area (Å²) in [6, 6.07) is 0.973. The molecule has 8 heterocycles. The zero-order valence-corrected chi connectivity index (χ0v) is 62.1. The summed E-state index contributed by atoms with van der Waals surface area (Å²) in [6.07, 6.45) is 9.40. The van der Waals surface area contributed by atoms with Crippen LogP contribution in [0.5, 0.6) is 0 Å².